The van der Waals surface area contributed by atoms with Crippen LogP contribution in [0.15, 0.2) is 47.3 Å². The molecule has 1 heterocycles. The number of aromatic nitrogens is 3. The zero-order valence-electron chi connectivity index (χ0n) is 15.8. The molecule has 0 bridgehead atoms. The highest BCUT2D eigenvalue weighted by Gasteiger charge is 2.39. The summed E-state index contributed by atoms with van der Waals surface area (Å²) >= 11 is 11.4. The highest BCUT2D eigenvalue weighted by Crippen LogP contribution is 2.28. The summed E-state index contributed by atoms with van der Waals surface area (Å²) in [5.74, 6) is -2.96. The minimum atomic E-state index is -4.95. The van der Waals surface area contributed by atoms with Gasteiger partial charge in [0, 0.05) is 5.02 Å². The van der Waals surface area contributed by atoms with Crippen LogP contribution < -0.4 is 11.0 Å². The Morgan fingerprint density at radius 1 is 1.16 bits per heavy atom. The molecule has 12 heteroatoms. The highest BCUT2D eigenvalue weighted by atomic mass is 35.5. The molecule has 1 N–H and O–H groups in total. The molecule has 3 rings (SSSR count). The first-order valence-corrected chi connectivity index (χ1v) is 9.50. The third-order valence-electron chi connectivity index (χ3n) is 4.29. The number of carbonyl (C=O) groups is 1. The lowest BCUT2D eigenvalue weighted by molar-refractivity contribution is -0.146. The molecule has 6 nitrogen and oxygen atoms in total. The molecule has 31 heavy (non-hydrogen) atoms. The maximum atomic E-state index is 13.6. The maximum absolute atomic E-state index is 13.6. The molecule has 0 radical (unpaired) electrons. The topological polar surface area (TPSA) is 68.9 Å². The van der Waals surface area contributed by atoms with Gasteiger partial charge in [-0.2, -0.15) is 13.2 Å². The van der Waals surface area contributed by atoms with Gasteiger partial charge in [-0.1, -0.05) is 29.3 Å². The summed E-state index contributed by atoms with van der Waals surface area (Å²) in [6.45, 7) is 0.764. The Bertz CT molecular complexity index is 1170. The summed E-state index contributed by atoms with van der Waals surface area (Å²) in [6, 6.07) is 8.31. The van der Waals surface area contributed by atoms with Crippen LogP contribution in [-0.2, 0) is 17.5 Å². The van der Waals surface area contributed by atoms with Crippen LogP contribution in [0.2, 0.25) is 10.0 Å². The number of benzene rings is 2. The first-order valence-electron chi connectivity index (χ1n) is 8.74. The van der Waals surface area contributed by atoms with Gasteiger partial charge >= 0.3 is 11.9 Å². The number of nitrogens with zero attached hydrogens (tertiary/aromatic N) is 3. The standard InChI is InChI=1S/C19H14Cl2F4N4O2/c1-10(11-2-7-14(21)15(22)8-11)26-16(30)9-28-18(31)29(17(27-28)19(23,24)25)13-5-3-12(20)4-6-13/h2-8,10H,9H2,1H3,(H,26,30)/t10-/m0/s1. The van der Waals surface area contributed by atoms with Gasteiger partial charge in [0.15, 0.2) is 0 Å². The third-order valence-corrected chi connectivity index (χ3v) is 4.85. The van der Waals surface area contributed by atoms with Crippen LogP contribution in [0.25, 0.3) is 5.69 Å². The predicted molar refractivity (Wildman–Crippen MR) is 106 cm³/mol. The summed E-state index contributed by atoms with van der Waals surface area (Å²) < 4.78 is 54.7. The normalized spacial score (nSPS) is 12.6. The van der Waals surface area contributed by atoms with Gasteiger partial charge in [-0.05, 0) is 48.9 Å². The Labute approximate surface area is 183 Å². The fraction of sp³-hybridized carbons (Fsp3) is 0.211. The summed E-state index contributed by atoms with van der Waals surface area (Å²) in [6.07, 6.45) is -4.95. The van der Waals surface area contributed by atoms with Gasteiger partial charge in [-0.3, -0.25) is 4.79 Å². The van der Waals surface area contributed by atoms with Gasteiger partial charge in [-0.15, -0.1) is 5.10 Å². The van der Waals surface area contributed by atoms with Crippen molar-refractivity contribution in [2.75, 3.05) is 0 Å². The van der Waals surface area contributed by atoms with Crippen LogP contribution in [0.5, 0.6) is 0 Å². The van der Waals surface area contributed by atoms with Crippen molar-refractivity contribution < 1.29 is 22.4 Å². The average Bonchev–Trinajstić information content (AvgIpc) is 3.01. The van der Waals surface area contributed by atoms with Crippen LogP contribution in [-0.4, -0.2) is 20.3 Å². The predicted octanol–water partition coefficient (Wildman–Crippen LogP) is 4.38. The van der Waals surface area contributed by atoms with Crippen molar-refractivity contribution in [3.63, 3.8) is 0 Å². The van der Waals surface area contributed by atoms with E-state index in [0.717, 1.165) is 6.07 Å². The monoisotopic (exact) mass is 476 g/mol. The summed E-state index contributed by atoms with van der Waals surface area (Å²) in [5.41, 5.74) is -0.890. The van der Waals surface area contributed by atoms with E-state index < -0.39 is 42.0 Å². The zero-order valence-corrected chi connectivity index (χ0v) is 17.3. The van der Waals surface area contributed by atoms with Crippen molar-refractivity contribution in [2.24, 2.45) is 0 Å². The van der Waals surface area contributed by atoms with Crippen LogP contribution in [0.1, 0.15) is 24.4 Å². The van der Waals surface area contributed by atoms with E-state index in [9.17, 15) is 27.2 Å². The van der Waals surface area contributed by atoms with Crippen LogP contribution in [0.3, 0.4) is 0 Å². The molecule has 3 aromatic rings. The van der Waals surface area contributed by atoms with E-state index in [1.807, 2.05) is 0 Å². The van der Waals surface area contributed by atoms with Crippen molar-refractivity contribution in [2.45, 2.75) is 25.7 Å². The Morgan fingerprint density at radius 2 is 1.81 bits per heavy atom. The van der Waals surface area contributed by atoms with E-state index >= 15 is 0 Å². The van der Waals surface area contributed by atoms with E-state index in [1.54, 1.807) is 0 Å². The number of nitrogens with one attached hydrogen (secondary N) is 1. The lowest BCUT2D eigenvalue weighted by Gasteiger charge is -2.14. The number of alkyl halides is 3. The molecule has 1 amide bonds. The summed E-state index contributed by atoms with van der Waals surface area (Å²) in [7, 11) is 0. The van der Waals surface area contributed by atoms with Crippen LogP contribution in [0.4, 0.5) is 17.6 Å². The summed E-state index contributed by atoms with van der Waals surface area (Å²) in [4.78, 5) is 24.9. The highest BCUT2D eigenvalue weighted by molar-refractivity contribution is 6.30. The molecule has 164 valence electrons. The number of hydrogen-bond donors (Lipinski definition) is 1. The molecule has 0 saturated heterocycles. The molecular weight excluding hydrogens is 463 g/mol. The molecule has 0 aliphatic rings. The molecule has 0 spiro atoms. The van der Waals surface area contributed by atoms with Crippen molar-refractivity contribution in [3.8, 4) is 5.69 Å². The first-order chi connectivity index (χ1) is 14.5. The molecule has 1 aromatic heterocycles. The fourth-order valence-electron chi connectivity index (χ4n) is 2.81. The van der Waals surface area contributed by atoms with Crippen molar-refractivity contribution in [1.29, 1.82) is 0 Å². The number of carbonyl (C=O) groups excluding carboxylic acids is 1. The molecule has 0 aliphatic heterocycles. The zero-order chi connectivity index (χ0) is 22.9. The van der Waals surface area contributed by atoms with E-state index in [-0.39, 0.29) is 15.7 Å². The van der Waals surface area contributed by atoms with Gasteiger partial charge in [0.25, 0.3) is 0 Å². The lowest BCUT2D eigenvalue weighted by atomic mass is 10.1. The molecule has 0 aliphatic carbocycles. The SMILES string of the molecule is C[C@H](NC(=O)Cn1nc(C(F)(F)F)n(-c2ccc(Cl)cc2)c1=O)c1ccc(Cl)c(F)c1. The summed E-state index contributed by atoms with van der Waals surface area (Å²) in [5, 5.41) is 5.95. The molecule has 1 atom stereocenters. The quantitative estimate of drug-likeness (QED) is 0.555. The first kappa shape index (κ1) is 22.8. The second-order valence-electron chi connectivity index (χ2n) is 6.54. The van der Waals surface area contributed by atoms with Gasteiger partial charge in [0.2, 0.25) is 11.7 Å². The van der Waals surface area contributed by atoms with Crippen LogP contribution in [0, 0.1) is 5.82 Å². The molecule has 0 saturated carbocycles. The van der Waals surface area contributed by atoms with Gasteiger partial charge in [0.1, 0.15) is 12.4 Å². The number of amides is 1. The van der Waals surface area contributed by atoms with Gasteiger partial charge in [0.05, 0.1) is 16.8 Å². The lowest BCUT2D eigenvalue weighted by Crippen LogP contribution is -2.34. The van der Waals surface area contributed by atoms with E-state index in [2.05, 4.69) is 10.4 Å². The van der Waals surface area contributed by atoms with E-state index in [4.69, 9.17) is 23.2 Å². The maximum Gasteiger partial charge on any atom is 0.452 e. The second kappa shape index (κ2) is 8.72. The Morgan fingerprint density at radius 3 is 2.39 bits per heavy atom. The molecular formula is C19H14Cl2F4N4O2. The van der Waals surface area contributed by atoms with Crippen molar-refractivity contribution in [1.82, 2.24) is 19.7 Å². The van der Waals surface area contributed by atoms with Gasteiger partial charge < -0.3 is 5.32 Å². The Kier molecular flexibility index (Phi) is 6.42. The molecule has 0 fully saturated rings. The average molecular weight is 477 g/mol. The van der Waals surface area contributed by atoms with E-state index in [0.29, 0.717) is 14.8 Å². The minimum Gasteiger partial charge on any atom is -0.348 e. The third kappa shape index (κ3) is 5.08. The number of hydrogen-bond acceptors (Lipinski definition) is 3. The second-order valence-corrected chi connectivity index (χ2v) is 7.38. The molecule has 0 unspecified atom stereocenters. The number of halogens is 6. The Hall–Kier alpha value is -2.85. The van der Waals surface area contributed by atoms with Crippen molar-refractivity contribution in [3.05, 3.63) is 80.2 Å². The Balaban J connectivity index is 1.87. The van der Waals surface area contributed by atoms with E-state index in [1.165, 1.54) is 43.3 Å². The minimum absolute atomic E-state index is 0.0961. The largest absolute Gasteiger partial charge is 0.452 e. The molecule has 2 aromatic carbocycles. The smallest absolute Gasteiger partial charge is 0.348 e. The van der Waals surface area contributed by atoms with Crippen molar-refractivity contribution >= 4 is 29.1 Å². The van der Waals surface area contributed by atoms with Crippen LogP contribution >= 0.6 is 23.2 Å². The number of rotatable bonds is 5. The van der Waals surface area contributed by atoms with Gasteiger partial charge in [-0.25, -0.2) is 18.4 Å². The fourth-order valence-corrected chi connectivity index (χ4v) is 3.05.